The Bertz CT molecular complexity index is 199. The van der Waals surface area contributed by atoms with Crippen LogP contribution in [0.2, 0.25) is 0 Å². The van der Waals surface area contributed by atoms with Gasteiger partial charge in [0.05, 0.1) is 24.9 Å². The summed E-state index contributed by atoms with van der Waals surface area (Å²) >= 11 is 0. The van der Waals surface area contributed by atoms with Crippen molar-refractivity contribution >= 4 is 0 Å². The number of aliphatic hydroxyl groups excluding tert-OH is 1. The molecule has 1 N–H and O–H groups in total. The van der Waals surface area contributed by atoms with E-state index >= 15 is 0 Å². The average molecular weight is 230 g/mol. The molecule has 0 saturated carbocycles. The van der Waals surface area contributed by atoms with Gasteiger partial charge in [-0.3, -0.25) is 4.90 Å². The van der Waals surface area contributed by atoms with Crippen molar-refractivity contribution in [1.29, 1.82) is 0 Å². The van der Waals surface area contributed by atoms with Crippen LogP contribution in [0.15, 0.2) is 0 Å². The van der Waals surface area contributed by atoms with Crippen molar-refractivity contribution in [2.75, 3.05) is 40.3 Å². The van der Waals surface area contributed by atoms with Gasteiger partial charge >= 0.3 is 0 Å². The summed E-state index contributed by atoms with van der Waals surface area (Å²) in [7, 11) is 4.20. The van der Waals surface area contributed by atoms with Gasteiger partial charge < -0.3 is 14.7 Å². The summed E-state index contributed by atoms with van der Waals surface area (Å²) in [5.41, 5.74) is 0. The maximum atomic E-state index is 10.1. The fourth-order valence-electron chi connectivity index (χ4n) is 2.12. The van der Waals surface area contributed by atoms with Gasteiger partial charge in [-0.2, -0.15) is 0 Å². The molecule has 0 spiro atoms. The first-order valence-corrected chi connectivity index (χ1v) is 6.19. The first-order valence-electron chi connectivity index (χ1n) is 6.19. The van der Waals surface area contributed by atoms with Crippen LogP contribution in [-0.2, 0) is 4.74 Å². The molecule has 0 amide bonds. The summed E-state index contributed by atoms with van der Waals surface area (Å²) in [6.07, 6.45) is 0.956. The topological polar surface area (TPSA) is 35.9 Å². The lowest BCUT2D eigenvalue weighted by atomic mass is 10.1. The number of rotatable bonds is 4. The third-order valence-corrected chi connectivity index (χ3v) is 3.16. The van der Waals surface area contributed by atoms with Gasteiger partial charge in [0.15, 0.2) is 0 Å². The number of likely N-dealkylation sites (N-methyl/N-ethyl adjacent to an activating group) is 2. The molecule has 2 atom stereocenters. The zero-order valence-electron chi connectivity index (χ0n) is 11.0. The zero-order valence-corrected chi connectivity index (χ0v) is 11.0. The predicted molar refractivity (Wildman–Crippen MR) is 65.6 cm³/mol. The molecule has 0 aromatic carbocycles. The zero-order chi connectivity index (χ0) is 12.1. The Morgan fingerprint density at radius 3 is 2.62 bits per heavy atom. The third kappa shape index (κ3) is 4.37. The van der Waals surface area contributed by atoms with Crippen molar-refractivity contribution in [3.05, 3.63) is 0 Å². The first kappa shape index (κ1) is 13.9. The standard InChI is InChI=1S/C12H26N2O2/c1-10(2)16-9-12(15)11-8-13(3)6-5-7-14(11)4/h10-12,15H,5-9H2,1-4H3. The van der Waals surface area contributed by atoms with Crippen LogP contribution in [0.1, 0.15) is 20.3 Å². The van der Waals surface area contributed by atoms with E-state index in [1.807, 2.05) is 13.8 Å². The van der Waals surface area contributed by atoms with E-state index in [0.717, 1.165) is 19.6 Å². The van der Waals surface area contributed by atoms with Crippen LogP contribution in [0, 0.1) is 0 Å². The van der Waals surface area contributed by atoms with Gasteiger partial charge in [0, 0.05) is 6.54 Å². The van der Waals surface area contributed by atoms with Crippen LogP contribution in [-0.4, -0.2) is 73.5 Å². The molecule has 1 rings (SSSR count). The van der Waals surface area contributed by atoms with Crippen LogP contribution >= 0.6 is 0 Å². The van der Waals surface area contributed by atoms with E-state index in [-0.39, 0.29) is 12.1 Å². The highest BCUT2D eigenvalue weighted by Crippen LogP contribution is 2.11. The highest BCUT2D eigenvalue weighted by Gasteiger charge is 2.27. The predicted octanol–water partition coefficient (Wildman–Crippen LogP) is 0.408. The second-order valence-electron chi connectivity index (χ2n) is 5.11. The second-order valence-corrected chi connectivity index (χ2v) is 5.11. The van der Waals surface area contributed by atoms with Crippen LogP contribution in [0.5, 0.6) is 0 Å². The number of aliphatic hydroxyl groups is 1. The molecule has 16 heavy (non-hydrogen) atoms. The average Bonchev–Trinajstić information content (AvgIpc) is 2.37. The van der Waals surface area contributed by atoms with Crippen LogP contribution in [0.25, 0.3) is 0 Å². The van der Waals surface area contributed by atoms with E-state index in [2.05, 4.69) is 23.9 Å². The lowest BCUT2D eigenvalue weighted by molar-refractivity contribution is -0.0329. The van der Waals surface area contributed by atoms with E-state index < -0.39 is 6.10 Å². The fraction of sp³-hybridized carbons (Fsp3) is 1.00. The lowest BCUT2D eigenvalue weighted by Crippen LogP contribution is -2.48. The summed E-state index contributed by atoms with van der Waals surface area (Å²) in [5, 5.41) is 10.1. The summed E-state index contributed by atoms with van der Waals surface area (Å²) in [4.78, 5) is 4.53. The maximum Gasteiger partial charge on any atom is 0.0940 e. The van der Waals surface area contributed by atoms with Crippen LogP contribution < -0.4 is 0 Å². The minimum atomic E-state index is -0.395. The number of hydrogen-bond acceptors (Lipinski definition) is 4. The SMILES string of the molecule is CC(C)OCC(O)C1CN(C)CCCN1C. The summed E-state index contributed by atoms with van der Waals surface area (Å²) in [6, 6.07) is 0.186. The van der Waals surface area contributed by atoms with Gasteiger partial charge in [-0.15, -0.1) is 0 Å². The highest BCUT2D eigenvalue weighted by atomic mass is 16.5. The monoisotopic (exact) mass is 230 g/mol. The van der Waals surface area contributed by atoms with E-state index in [4.69, 9.17) is 4.74 Å². The third-order valence-electron chi connectivity index (χ3n) is 3.16. The molecule has 0 aromatic heterocycles. The largest absolute Gasteiger partial charge is 0.389 e. The van der Waals surface area contributed by atoms with Crippen molar-refractivity contribution in [3.63, 3.8) is 0 Å². The van der Waals surface area contributed by atoms with E-state index in [9.17, 15) is 5.11 Å². The molecule has 1 aliphatic rings. The Morgan fingerprint density at radius 1 is 1.31 bits per heavy atom. The summed E-state index contributed by atoms with van der Waals surface area (Å²) in [5.74, 6) is 0. The number of nitrogens with zero attached hydrogens (tertiary/aromatic N) is 2. The van der Waals surface area contributed by atoms with Gasteiger partial charge in [-0.05, 0) is 47.5 Å². The molecule has 2 unspecified atom stereocenters. The Balaban J connectivity index is 2.46. The molecular weight excluding hydrogens is 204 g/mol. The van der Waals surface area contributed by atoms with Crippen LogP contribution in [0.3, 0.4) is 0 Å². The fourth-order valence-corrected chi connectivity index (χ4v) is 2.12. The van der Waals surface area contributed by atoms with E-state index in [1.165, 1.54) is 6.42 Å². The Labute approximate surface area is 99.2 Å². The smallest absolute Gasteiger partial charge is 0.0940 e. The molecule has 1 aliphatic heterocycles. The molecule has 0 radical (unpaired) electrons. The molecular formula is C12H26N2O2. The lowest BCUT2D eigenvalue weighted by Gasteiger charge is -2.31. The van der Waals surface area contributed by atoms with Gasteiger partial charge in [-0.1, -0.05) is 0 Å². The Hall–Kier alpha value is -0.160. The Kier molecular flexibility index (Phi) is 5.69. The Morgan fingerprint density at radius 2 is 2.00 bits per heavy atom. The van der Waals surface area contributed by atoms with Gasteiger partial charge in [0.1, 0.15) is 0 Å². The first-order chi connectivity index (χ1) is 7.50. The molecule has 0 bridgehead atoms. The van der Waals surface area contributed by atoms with E-state index in [1.54, 1.807) is 0 Å². The summed E-state index contributed by atoms with van der Waals surface area (Å²) < 4.78 is 5.49. The van der Waals surface area contributed by atoms with Crippen molar-refractivity contribution in [1.82, 2.24) is 9.80 Å². The molecule has 4 nitrogen and oxygen atoms in total. The minimum absolute atomic E-state index is 0.184. The van der Waals surface area contributed by atoms with Crippen molar-refractivity contribution in [2.24, 2.45) is 0 Å². The van der Waals surface area contributed by atoms with Gasteiger partial charge in [0.2, 0.25) is 0 Å². The molecule has 0 aliphatic carbocycles. The highest BCUT2D eigenvalue weighted by molar-refractivity contribution is 4.82. The normalized spacial score (nSPS) is 27.0. The molecule has 0 aromatic rings. The van der Waals surface area contributed by atoms with Crippen molar-refractivity contribution in [2.45, 2.75) is 38.5 Å². The number of hydrogen-bond donors (Lipinski definition) is 1. The maximum absolute atomic E-state index is 10.1. The molecule has 4 heteroatoms. The van der Waals surface area contributed by atoms with Crippen molar-refractivity contribution < 1.29 is 9.84 Å². The van der Waals surface area contributed by atoms with Crippen LogP contribution in [0.4, 0.5) is 0 Å². The van der Waals surface area contributed by atoms with Gasteiger partial charge in [0.25, 0.3) is 0 Å². The van der Waals surface area contributed by atoms with Crippen molar-refractivity contribution in [3.8, 4) is 0 Å². The van der Waals surface area contributed by atoms with Gasteiger partial charge in [-0.25, -0.2) is 0 Å². The van der Waals surface area contributed by atoms with E-state index in [0.29, 0.717) is 6.61 Å². The molecule has 1 saturated heterocycles. The second kappa shape index (κ2) is 6.55. The minimum Gasteiger partial charge on any atom is -0.389 e. The number of ether oxygens (including phenoxy) is 1. The molecule has 1 heterocycles. The quantitative estimate of drug-likeness (QED) is 0.759. The summed E-state index contributed by atoms with van der Waals surface area (Å²) in [6.45, 7) is 7.50. The molecule has 96 valence electrons. The molecule has 1 fully saturated rings.